The third-order valence-corrected chi connectivity index (χ3v) is 6.10. The number of rotatable bonds is 8. The van der Waals surface area contributed by atoms with Gasteiger partial charge >= 0.3 is 0 Å². The third kappa shape index (κ3) is 5.30. The van der Waals surface area contributed by atoms with Crippen LogP contribution in [0.15, 0.2) is 59.8 Å². The highest BCUT2D eigenvalue weighted by Gasteiger charge is 2.30. The van der Waals surface area contributed by atoms with Crippen molar-refractivity contribution in [2.45, 2.75) is 38.0 Å². The first-order valence-electron chi connectivity index (χ1n) is 9.91. The molecule has 0 aliphatic heterocycles. The maximum atomic E-state index is 14.4. The fourth-order valence-corrected chi connectivity index (χ4v) is 3.64. The third-order valence-electron chi connectivity index (χ3n) is 5.13. The molecule has 1 atom stereocenters. The number of amides is 1. The Morgan fingerprint density at radius 1 is 1.19 bits per heavy atom. The monoisotopic (exact) mass is 437 g/mol. The van der Waals surface area contributed by atoms with E-state index in [1.165, 1.54) is 17.8 Å². The maximum Gasteiger partial charge on any atom is 0.231 e. The number of hydrogen-bond acceptors (Lipinski definition) is 5. The molecule has 160 valence electrons. The fourth-order valence-electron chi connectivity index (χ4n) is 2.90. The topological polar surface area (TPSA) is 83.6 Å². The lowest BCUT2D eigenvalue weighted by Gasteiger charge is -2.27. The smallest absolute Gasteiger partial charge is 0.231 e. The van der Waals surface area contributed by atoms with Gasteiger partial charge in [0.25, 0.3) is 0 Å². The van der Waals surface area contributed by atoms with Crippen LogP contribution in [0, 0.1) is 23.1 Å². The molecule has 8 heteroatoms. The summed E-state index contributed by atoms with van der Waals surface area (Å²) in [5, 5.41) is 21.1. The van der Waals surface area contributed by atoms with Crippen molar-refractivity contribution < 1.29 is 9.18 Å². The highest BCUT2D eigenvalue weighted by Crippen LogP contribution is 2.27. The Hall–Kier alpha value is -3.18. The first-order chi connectivity index (χ1) is 14.8. The number of nitrogens with zero attached hydrogens (tertiary/aromatic N) is 4. The van der Waals surface area contributed by atoms with Crippen LogP contribution in [0.4, 0.5) is 4.39 Å². The zero-order chi connectivity index (χ0) is 22.4. The summed E-state index contributed by atoms with van der Waals surface area (Å²) >= 11 is 1.20. The van der Waals surface area contributed by atoms with Crippen molar-refractivity contribution >= 4 is 17.7 Å². The molecule has 0 fully saturated rings. The number of carbonyl (C=O) groups is 1. The van der Waals surface area contributed by atoms with Crippen molar-refractivity contribution in [2.75, 3.05) is 5.75 Å². The number of aromatic nitrogens is 3. The van der Waals surface area contributed by atoms with Crippen LogP contribution in [0.3, 0.4) is 0 Å². The number of halogens is 1. The zero-order valence-electron chi connectivity index (χ0n) is 17.7. The summed E-state index contributed by atoms with van der Waals surface area (Å²) in [4.78, 5) is 12.5. The van der Waals surface area contributed by atoms with E-state index in [9.17, 15) is 14.4 Å². The summed E-state index contributed by atoms with van der Waals surface area (Å²) in [7, 11) is 0. The minimum absolute atomic E-state index is 0.0409. The Kier molecular flexibility index (Phi) is 7.08. The van der Waals surface area contributed by atoms with Crippen molar-refractivity contribution in [3.05, 3.63) is 66.0 Å². The fraction of sp³-hybridized carbons (Fsp3) is 0.304. The van der Waals surface area contributed by atoms with Gasteiger partial charge in [-0.1, -0.05) is 68.1 Å². The summed E-state index contributed by atoms with van der Waals surface area (Å²) in [6.07, 6.45) is 0. The van der Waals surface area contributed by atoms with E-state index in [1.807, 2.05) is 44.2 Å². The molecule has 1 aromatic heterocycles. The van der Waals surface area contributed by atoms with Crippen LogP contribution in [0.1, 0.15) is 26.3 Å². The van der Waals surface area contributed by atoms with E-state index < -0.39 is 5.54 Å². The summed E-state index contributed by atoms with van der Waals surface area (Å²) in [6.45, 7) is 5.90. The van der Waals surface area contributed by atoms with Crippen LogP contribution < -0.4 is 5.32 Å². The van der Waals surface area contributed by atoms with Gasteiger partial charge in [0, 0.05) is 0 Å². The quantitative estimate of drug-likeness (QED) is 0.532. The summed E-state index contributed by atoms with van der Waals surface area (Å²) < 4.78 is 16.2. The standard InChI is InChI=1S/C23H24FN5OS/c1-16(2)23(3,15-25)26-20(30)14-31-22-28-27-21(18-11-7-8-12-19(18)24)29(22)13-17-9-5-4-6-10-17/h4-12,16H,13-14H2,1-3H3,(H,26,30)/t23-/m1/s1. The van der Waals surface area contributed by atoms with Gasteiger partial charge < -0.3 is 5.32 Å². The molecule has 0 aliphatic carbocycles. The molecule has 0 radical (unpaired) electrons. The van der Waals surface area contributed by atoms with E-state index in [2.05, 4.69) is 21.6 Å². The molecular weight excluding hydrogens is 413 g/mol. The van der Waals surface area contributed by atoms with Crippen LogP contribution in [-0.4, -0.2) is 32.0 Å². The van der Waals surface area contributed by atoms with Crippen molar-refractivity contribution in [3.8, 4) is 17.5 Å². The maximum absolute atomic E-state index is 14.4. The number of hydrogen-bond donors (Lipinski definition) is 1. The van der Waals surface area contributed by atoms with Gasteiger partial charge in [0.2, 0.25) is 5.91 Å². The Morgan fingerprint density at radius 3 is 2.52 bits per heavy atom. The number of carbonyl (C=O) groups excluding carboxylic acids is 1. The zero-order valence-corrected chi connectivity index (χ0v) is 18.5. The van der Waals surface area contributed by atoms with Gasteiger partial charge in [-0.25, -0.2) is 4.39 Å². The average Bonchev–Trinajstić information content (AvgIpc) is 3.15. The van der Waals surface area contributed by atoms with Gasteiger partial charge in [-0.15, -0.1) is 10.2 Å². The molecule has 0 aliphatic rings. The molecule has 0 unspecified atom stereocenters. The van der Waals surface area contributed by atoms with Gasteiger partial charge in [-0.2, -0.15) is 5.26 Å². The first-order valence-corrected chi connectivity index (χ1v) is 10.9. The second kappa shape index (κ2) is 9.75. The van der Waals surface area contributed by atoms with Gasteiger partial charge in [0.1, 0.15) is 11.4 Å². The summed E-state index contributed by atoms with van der Waals surface area (Å²) in [5.74, 6) is -0.242. The lowest BCUT2D eigenvalue weighted by atomic mass is 9.90. The number of nitrogens with one attached hydrogen (secondary N) is 1. The molecular formula is C23H24FN5OS. The summed E-state index contributed by atoms with van der Waals surface area (Å²) in [6, 6.07) is 18.3. The molecule has 6 nitrogen and oxygen atoms in total. The highest BCUT2D eigenvalue weighted by atomic mass is 32.2. The van der Waals surface area contributed by atoms with Crippen LogP contribution in [0.5, 0.6) is 0 Å². The minimum atomic E-state index is -0.951. The average molecular weight is 438 g/mol. The van der Waals surface area contributed by atoms with Gasteiger partial charge in [0.15, 0.2) is 11.0 Å². The van der Waals surface area contributed by atoms with Crippen molar-refractivity contribution in [3.63, 3.8) is 0 Å². The normalized spacial score (nSPS) is 12.9. The minimum Gasteiger partial charge on any atom is -0.337 e. The number of nitriles is 1. The lowest BCUT2D eigenvalue weighted by molar-refractivity contribution is -0.120. The predicted molar refractivity (Wildman–Crippen MR) is 119 cm³/mol. The molecule has 0 bridgehead atoms. The molecule has 1 amide bonds. The Morgan fingerprint density at radius 2 is 1.87 bits per heavy atom. The summed E-state index contributed by atoms with van der Waals surface area (Å²) in [5.41, 5.74) is 0.399. The Labute approximate surface area is 185 Å². The van der Waals surface area contributed by atoms with Crippen LogP contribution in [0.2, 0.25) is 0 Å². The van der Waals surface area contributed by atoms with E-state index >= 15 is 0 Å². The number of benzene rings is 2. The molecule has 0 spiro atoms. The largest absolute Gasteiger partial charge is 0.337 e. The van der Waals surface area contributed by atoms with Gasteiger partial charge in [-0.05, 0) is 30.5 Å². The molecule has 1 N–H and O–H groups in total. The second-order valence-corrected chi connectivity index (χ2v) is 8.61. The van der Waals surface area contributed by atoms with Crippen LogP contribution in [-0.2, 0) is 11.3 Å². The van der Waals surface area contributed by atoms with E-state index in [-0.39, 0.29) is 23.4 Å². The van der Waals surface area contributed by atoms with Crippen LogP contribution in [0.25, 0.3) is 11.4 Å². The predicted octanol–water partition coefficient (Wildman–Crippen LogP) is 4.28. The Bertz CT molecular complexity index is 1090. The molecule has 0 saturated heterocycles. The van der Waals surface area contributed by atoms with Gasteiger partial charge in [-0.3, -0.25) is 9.36 Å². The van der Waals surface area contributed by atoms with E-state index in [1.54, 1.807) is 29.7 Å². The molecule has 3 rings (SSSR count). The molecule has 31 heavy (non-hydrogen) atoms. The molecule has 3 aromatic rings. The molecule has 2 aromatic carbocycles. The van der Waals surface area contributed by atoms with E-state index in [4.69, 9.17) is 0 Å². The molecule has 0 saturated carbocycles. The SMILES string of the molecule is CC(C)[C@@](C)(C#N)NC(=O)CSc1nnc(-c2ccccc2F)n1Cc1ccccc1. The number of thioether (sulfide) groups is 1. The Balaban J connectivity index is 1.86. The van der Waals surface area contributed by atoms with Crippen molar-refractivity contribution in [1.29, 1.82) is 5.26 Å². The lowest BCUT2D eigenvalue weighted by Crippen LogP contribution is -2.49. The van der Waals surface area contributed by atoms with Crippen LogP contribution >= 0.6 is 11.8 Å². The van der Waals surface area contributed by atoms with Crippen molar-refractivity contribution in [2.24, 2.45) is 5.92 Å². The van der Waals surface area contributed by atoms with Gasteiger partial charge in [0.05, 0.1) is 23.9 Å². The second-order valence-electron chi connectivity index (χ2n) is 7.66. The van der Waals surface area contributed by atoms with Crippen molar-refractivity contribution in [1.82, 2.24) is 20.1 Å². The van der Waals surface area contributed by atoms with E-state index in [0.29, 0.717) is 23.1 Å². The highest BCUT2D eigenvalue weighted by molar-refractivity contribution is 7.99. The first kappa shape index (κ1) is 22.5. The van der Waals surface area contributed by atoms with E-state index in [0.717, 1.165) is 5.56 Å². The molecule has 1 heterocycles.